The van der Waals surface area contributed by atoms with Crippen LogP contribution in [0.5, 0.6) is 0 Å². The molecule has 1 nitrogen and oxygen atoms in total. The second-order valence-electron chi connectivity index (χ2n) is 4.06. The standard InChI is InChI=1S/C13H9BrO/c14-10-9-12-5-1-3-7-13(12,11(10)15)8-4-2-6-12/h1-9H. The van der Waals surface area contributed by atoms with Crippen LogP contribution in [0, 0.1) is 10.8 Å². The van der Waals surface area contributed by atoms with Crippen LogP contribution in [0.2, 0.25) is 0 Å². The number of hydrogen-bond acceptors (Lipinski definition) is 1. The predicted molar refractivity (Wildman–Crippen MR) is 63.4 cm³/mol. The van der Waals surface area contributed by atoms with Gasteiger partial charge < -0.3 is 0 Å². The van der Waals surface area contributed by atoms with Crippen molar-refractivity contribution >= 4 is 21.7 Å². The lowest BCUT2D eigenvalue weighted by Gasteiger charge is -2.39. The summed E-state index contributed by atoms with van der Waals surface area (Å²) in [5, 5.41) is 0. The maximum Gasteiger partial charge on any atom is 0.184 e. The molecule has 15 heavy (non-hydrogen) atoms. The molecule has 3 rings (SSSR count). The van der Waals surface area contributed by atoms with Crippen molar-refractivity contribution in [2.75, 3.05) is 0 Å². The molecule has 0 saturated carbocycles. The lowest BCUT2D eigenvalue weighted by Crippen LogP contribution is -2.39. The Morgan fingerprint density at radius 3 is 2.00 bits per heavy atom. The van der Waals surface area contributed by atoms with E-state index in [1.165, 1.54) is 0 Å². The zero-order chi connectivity index (χ0) is 10.5. The lowest BCUT2D eigenvalue weighted by molar-refractivity contribution is -0.120. The SMILES string of the molecule is O=C1C(Br)=CC23C=CC=CC12C=CC=C3. The molecule has 0 aromatic carbocycles. The van der Waals surface area contributed by atoms with Crippen molar-refractivity contribution in [2.45, 2.75) is 0 Å². The third-order valence-corrected chi connectivity index (χ3v) is 3.95. The lowest BCUT2D eigenvalue weighted by atomic mass is 9.61. The fraction of sp³-hybridized carbons (Fsp3) is 0.154. The Hall–Kier alpha value is -1.15. The molecule has 2 heteroatoms. The molecule has 3 aliphatic carbocycles. The Kier molecular flexibility index (Phi) is 1.64. The average Bonchev–Trinajstić information content (AvgIpc) is 2.49. The minimum absolute atomic E-state index is 0.142. The van der Waals surface area contributed by atoms with E-state index in [-0.39, 0.29) is 11.2 Å². The van der Waals surface area contributed by atoms with Gasteiger partial charge in [-0.15, -0.1) is 0 Å². The van der Waals surface area contributed by atoms with Gasteiger partial charge in [-0.25, -0.2) is 0 Å². The van der Waals surface area contributed by atoms with Crippen LogP contribution < -0.4 is 0 Å². The number of Topliss-reactive ketones (excluding diaryl/α,β-unsaturated/α-hetero) is 1. The zero-order valence-corrected chi connectivity index (χ0v) is 9.57. The summed E-state index contributed by atoms with van der Waals surface area (Å²) in [7, 11) is 0. The number of carbonyl (C=O) groups excluding carboxylic acids is 1. The van der Waals surface area contributed by atoms with Gasteiger partial charge in [-0.05, 0) is 15.9 Å². The number of rotatable bonds is 0. The first-order valence-corrected chi connectivity index (χ1v) is 5.67. The highest BCUT2D eigenvalue weighted by atomic mass is 79.9. The van der Waals surface area contributed by atoms with Crippen molar-refractivity contribution in [1.29, 1.82) is 0 Å². The largest absolute Gasteiger partial charge is 0.292 e. The maximum absolute atomic E-state index is 12.2. The monoisotopic (exact) mass is 260 g/mol. The van der Waals surface area contributed by atoms with Gasteiger partial charge in [0.1, 0.15) is 0 Å². The van der Waals surface area contributed by atoms with Crippen LogP contribution >= 0.6 is 15.9 Å². The summed E-state index contributed by atoms with van der Waals surface area (Å²) in [6, 6.07) is 0. The summed E-state index contributed by atoms with van der Waals surface area (Å²) < 4.78 is 0.676. The molecule has 0 saturated heterocycles. The van der Waals surface area contributed by atoms with Gasteiger partial charge in [0, 0.05) is 5.41 Å². The number of halogens is 1. The van der Waals surface area contributed by atoms with E-state index in [0.717, 1.165) is 0 Å². The first-order valence-electron chi connectivity index (χ1n) is 4.88. The Bertz CT molecular complexity index is 465. The molecule has 0 atom stereocenters. The van der Waals surface area contributed by atoms with Crippen molar-refractivity contribution in [3.8, 4) is 0 Å². The van der Waals surface area contributed by atoms with Crippen molar-refractivity contribution in [2.24, 2.45) is 10.8 Å². The van der Waals surface area contributed by atoms with Crippen molar-refractivity contribution in [3.05, 3.63) is 59.2 Å². The van der Waals surface area contributed by atoms with E-state index in [2.05, 4.69) is 28.1 Å². The van der Waals surface area contributed by atoms with Crippen LogP contribution in [-0.2, 0) is 4.79 Å². The molecule has 0 bridgehead atoms. The molecule has 0 fully saturated rings. The second-order valence-corrected chi connectivity index (χ2v) is 4.91. The van der Waals surface area contributed by atoms with Gasteiger partial charge >= 0.3 is 0 Å². The Morgan fingerprint density at radius 1 is 0.933 bits per heavy atom. The quantitative estimate of drug-likeness (QED) is 0.655. The van der Waals surface area contributed by atoms with Gasteiger partial charge in [-0.2, -0.15) is 0 Å². The summed E-state index contributed by atoms with van der Waals surface area (Å²) >= 11 is 3.35. The van der Waals surface area contributed by atoms with Gasteiger partial charge in [-0.3, -0.25) is 4.79 Å². The Labute approximate surface area is 96.7 Å². The molecule has 0 heterocycles. The summed E-state index contributed by atoms with van der Waals surface area (Å²) in [4.78, 5) is 12.2. The molecule has 0 radical (unpaired) electrons. The van der Waals surface area contributed by atoms with Crippen LogP contribution in [-0.4, -0.2) is 5.78 Å². The molecule has 0 aromatic rings. The van der Waals surface area contributed by atoms with Crippen molar-refractivity contribution in [3.63, 3.8) is 0 Å². The number of carbonyl (C=O) groups is 1. The van der Waals surface area contributed by atoms with E-state index in [9.17, 15) is 4.79 Å². The second kappa shape index (κ2) is 2.70. The Balaban J connectivity index is 2.33. The van der Waals surface area contributed by atoms with E-state index in [0.29, 0.717) is 4.48 Å². The van der Waals surface area contributed by atoms with Crippen LogP contribution in [0.15, 0.2) is 59.2 Å². The molecular formula is C13H9BrO. The number of hydrogen-bond donors (Lipinski definition) is 0. The maximum atomic E-state index is 12.2. The highest BCUT2D eigenvalue weighted by Crippen LogP contribution is 2.57. The summed E-state index contributed by atoms with van der Waals surface area (Å²) in [5.41, 5.74) is -0.804. The molecule has 0 unspecified atom stereocenters. The smallest absolute Gasteiger partial charge is 0.184 e. The molecule has 0 aliphatic heterocycles. The molecule has 0 amide bonds. The van der Waals surface area contributed by atoms with E-state index in [1.54, 1.807) is 0 Å². The topological polar surface area (TPSA) is 17.1 Å². The number of allylic oxidation sites excluding steroid dienone is 10. The minimum Gasteiger partial charge on any atom is -0.292 e. The molecule has 74 valence electrons. The number of ketones is 1. The third kappa shape index (κ3) is 0.907. The summed E-state index contributed by atoms with van der Waals surface area (Å²) in [6.07, 6.45) is 18.0. The predicted octanol–water partition coefficient (Wildman–Crippen LogP) is 3.07. The Morgan fingerprint density at radius 2 is 1.47 bits per heavy atom. The fourth-order valence-corrected chi connectivity index (χ4v) is 3.26. The molecule has 0 aromatic heterocycles. The summed E-state index contributed by atoms with van der Waals surface area (Å²) in [5.74, 6) is 0.142. The van der Waals surface area contributed by atoms with Gasteiger partial charge in [0.15, 0.2) is 5.78 Å². The molecule has 3 aliphatic rings. The van der Waals surface area contributed by atoms with E-state index in [1.807, 2.05) is 42.5 Å². The van der Waals surface area contributed by atoms with Crippen LogP contribution in [0.25, 0.3) is 0 Å². The van der Waals surface area contributed by atoms with Gasteiger partial charge in [0.25, 0.3) is 0 Å². The van der Waals surface area contributed by atoms with Crippen molar-refractivity contribution < 1.29 is 4.79 Å². The molecule has 0 N–H and O–H groups in total. The van der Waals surface area contributed by atoms with Crippen LogP contribution in [0.4, 0.5) is 0 Å². The van der Waals surface area contributed by atoms with E-state index >= 15 is 0 Å². The molecule has 0 spiro atoms. The van der Waals surface area contributed by atoms with Crippen LogP contribution in [0.3, 0.4) is 0 Å². The van der Waals surface area contributed by atoms with Gasteiger partial charge in [-0.1, -0.05) is 54.7 Å². The first kappa shape index (κ1) is 9.10. The highest BCUT2D eigenvalue weighted by molar-refractivity contribution is 9.12. The van der Waals surface area contributed by atoms with E-state index in [4.69, 9.17) is 0 Å². The third-order valence-electron chi connectivity index (χ3n) is 3.36. The zero-order valence-electron chi connectivity index (χ0n) is 7.98. The van der Waals surface area contributed by atoms with E-state index < -0.39 is 5.41 Å². The first-order chi connectivity index (χ1) is 7.20. The minimum atomic E-state index is -0.519. The molecular weight excluding hydrogens is 252 g/mol. The van der Waals surface area contributed by atoms with Gasteiger partial charge in [0.05, 0.1) is 9.90 Å². The highest BCUT2D eigenvalue weighted by Gasteiger charge is 2.55. The van der Waals surface area contributed by atoms with Crippen LogP contribution in [0.1, 0.15) is 0 Å². The van der Waals surface area contributed by atoms with Gasteiger partial charge in [0.2, 0.25) is 0 Å². The average molecular weight is 261 g/mol. The fourth-order valence-electron chi connectivity index (χ4n) is 2.56. The normalized spacial score (nSPS) is 40.3. The van der Waals surface area contributed by atoms with Crippen molar-refractivity contribution in [1.82, 2.24) is 0 Å². The summed E-state index contributed by atoms with van der Waals surface area (Å²) in [6.45, 7) is 0.